The van der Waals surface area contributed by atoms with Gasteiger partial charge in [-0.2, -0.15) is 0 Å². The highest BCUT2D eigenvalue weighted by Crippen LogP contribution is 2.25. The van der Waals surface area contributed by atoms with Crippen LogP contribution in [0.2, 0.25) is 10.3 Å². The second kappa shape index (κ2) is 29.4. The van der Waals surface area contributed by atoms with Crippen LogP contribution in [0.5, 0.6) is 11.5 Å². The maximum atomic E-state index is 13.0. The Bertz CT molecular complexity index is 2710. The zero-order chi connectivity index (χ0) is 58.7. The van der Waals surface area contributed by atoms with Crippen LogP contribution < -0.4 is 59.0 Å². The highest BCUT2D eigenvalue weighted by atomic mass is 35.5. The Morgan fingerprint density at radius 3 is 1.71 bits per heavy atom. The lowest BCUT2D eigenvalue weighted by Gasteiger charge is -2.31. The molecule has 0 saturated heterocycles. The molecule has 4 rings (SSSR count). The SMILES string of the molecule is CNc1nc(N)c(C(=O)NCCCCc2ccc(OC(C)(C)COCC(C)(C)CNC(=O)C(O)C(O)C(=O)NC(C)(C)COCC(C)(C)Oc3ccc(CCCCN=C(N)NC(=O)c4nc(Cl)c(N)nc4N)cc3)cc2)nc1Cl. The third kappa shape index (κ3) is 22.1. The predicted octanol–water partition coefficient (Wildman–Crippen LogP) is 3.99. The zero-order valence-electron chi connectivity index (χ0n) is 46.4. The minimum atomic E-state index is -2.05. The molecule has 24 nitrogen and oxygen atoms in total. The van der Waals surface area contributed by atoms with Gasteiger partial charge in [-0.05, 0) is 115 Å². The highest BCUT2D eigenvalue weighted by molar-refractivity contribution is 6.32. The summed E-state index contributed by atoms with van der Waals surface area (Å²) in [5, 5.41) is 34.5. The van der Waals surface area contributed by atoms with Gasteiger partial charge in [0.25, 0.3) is 23.6 Å². The van der Waals surface area contributed by atoms with Gasteiger partial charge in [0.1, 0.15) is 22.7 Å². The number of nitrogen functional groups attached to an aromatic ring is 3. The summed E-state index contributed by atoms with van der Waals surface area (Å²) >= 11 is 11.9. The average molecular weight is 1140 g/mol. The number of carbonyl (C=O) groups excluding carboxylic acids is 4. The fourth-order valence-electron chi connectivity index (χ4n) is 7.44. The number of nitrogens with two attached hydrogens (primary N) is 4. The highest BCUT2D eigenvalue weighted by Gasteiger charge is 2.35. The predicted molar refractivity (Wildman–Crippen MR) is 304 cm³/mol. The van der Waals surface area contributed by atoms with E-state index < -0.39 is 58.0 Å². The summed E-state index contributed by atoms with van der Waals surface area (Å²) in [5.74, 6) is -1.84. The Morgan fingerprint density at radius 1 is 0.633 bits per heavy atom. The van der Waals surface area contributed by atoms with Crippen molar-refractivity contribution in [3.05, 3.63) is 81.4 Å². The number of unbranched alkanes of at least 4 members (excludes halogenated alkanes) is 2. The molecule has 0 fully saturated rings. The van der Waals surface area contributed by atoms with Gasteiger partial charge in [0.15, 0.2) is 63.1 Å². The summed E-state index contributed by atoms with van der Waals surface area (Å²) in [4.78, 5) is 70.8. The third-order valence-electron chi connectivity index (χ3n) is 11.6. The first-order valence-electron chi connectivity index (χ1n) is 25.7. The second-order valence-electron chi connectivity index (χ2n) is 21.5. The topological polar surface area (TPSA) is 374 Å². The summed E-state index contributed by atoms with van der Waals surface area (Å²) in [5.41, 5.74) is 21.9. The molecule has 0 aliphatic heterocycles. The fraction of sp³-hybridized carbons (Fsp3) is 0.528. The number of carbonyl (C=O) groups is 4. The van der Waals surface area contributed by atoms with Crippen LogP contribution in [0.1, 0.15) is 113 Å². The molecule has 0 spiro atoms. The maximum Gasteiger partial charge on any atom is 0.280 e. The monoisotopic (exact) mass is 1140 g/mol. The van der Waals surface area contributed by atoms with E-state index in [0.717, 1.165) is 43.2 Å². The number of amides is 4. The number of guanidine groups is 1. The lowest BCUT2D eigenvalue weighted by Crippen LogP contribution is -2.56. The van der Waals surface area contributed by atoms with Crippen LogP contribution in [-0.2, 0) is 31.9 Å². The van der Waals surface area contributed by atoms with Crippen LogP contribution in [0, 0.1) is 5.41 Å². The van der Waals surface area contributed by atoms with Crippen LogP contribution in [0.15, 0.2) is 53.5 Å². The number of halogens is 2. The van der Waals surface area contributed by atoms with Gasteiger partial charge in [0.2, 0.25) is 0 Å². The van der Waals surface area contributed by atoms with Crippen molar-refractivity contribution in [2.75, 3.05) is 75.6 Å². The minimum absolute atomic E-state index is 0.0116. The van der Waals surface area contributed by atoms with Crippen molar-refractivity contribution in [2.45, 2.75) is 123 Å². The lowest BCUT2D eigenvalue weighted by atomic mass is 9.94. The number of aliphatic hydroxyl groups excluding tert-OH is 2. The molecule has 434 valence electrons. The van der Waals surface area contributed by atoms with Gasteiger partial charge < -0.3 is 73.4 Å². The van der Waals surface area contributed by atoms with Gasteiger partial charge in [0, 0.05) is 32.1 Å². The molecule has 2 aromatic carbocycles. The molecule has 0 radical (unpaired) electrons. The van der Waals surface area contributed by atoms with Crippen molar-refractivity contribution in [3.63, 3.8) is 0 Å². The molecule has 0 aliphatic carbocycles. The van der Waals surface area contributed by atoms with Crippen LogP contribution in [0.4, 0.5) is 23.3 Å². The number of aromatic nitrogens is 4. The number of aryl methyl sites for hydroxylation is 2. The summed E-state index contributed by atoms with van der Waals surface area (Å²) in [6.07, 6.45) is 0.516. The van der Waals surface area contributed by atoms with Gasteiger partial charge in [-0.15, -0.1) is 0 Å². The van der Waals surface area contributed by atoms with E-state index in [1.54, 1.807) is 20.9 Å². The first-order valence-corrected chi connectivity index (χ1v) is 26.4. The van der Waals surface area contributed by atoms with Gasteiger partial charge in [-0.25, -0.2) is 19.9 Å². The number of aliphatic hydroxyl groups is 2. The van der Waals surface area contributed by atoms with E-state index in [1.807, 2.05) is 90.1 Å². The maximum absolute atomic E-state index is 13.0. The number of nitrogens with one attached hydrogen (secondary N) is 5. The Kier molecular flexibility index (Phi) is 24.1. The van der Waals surface area contributed by atoms with E-state index >= 15 is 0 Å². The largest absolute Gasteiger partial charge is 0.485 e. The molecule has 0 aliphatic rings. The van der Waals surface area contributed by atoms with Crippen LogP contribution in [0.3, 0.4) is 0 Å². The standard InChI is InChI=1S/C53H78Cl2N14O10/c1-50(2,27-76-29-52(5,6)78-33-20-16-31(17-21-33)14-10-12-24-61-45(72)35-42(57)67-44(60-9)40(55)65-35)26-63-47(74)37(70)38(71)48(75)69-51(3,4)28-77-30-53(7,8)79-34-22-18-32(19-23-34)15-11-13-25-62-49(59)68-46(73)36-41(56)66-43(58)39(54)64-36/h16-23,37-38,70-71H,10-15,24-30H2,1-9H3,(H,61,72)(H,63,74)(H,69,75)(H4,56,58,66)(H3,57,60,67)(H3,59,62,68,73). The summed E-state index contributed by atoms with van der Waals surface area (Å²) in [7, 11) is 1.63. The molecule has 79 heavy (non-hydrogen) atoms. The van der Waals surface area contributed by atoms with Crippen LogP contribution in [-0.4, -0.2) is 142 Å². The minimum Gasteiger partial charge on any atom is -0.485 e. The number of anilines is 4. The first-order chi connectivity index (χ1) is 37.0. The summed E-state index contributed by atoms with van der Waals surface area (Å²) < 4.78 is 24.4. The Balaban J connectivity index is 1.08. The van der Waals surface area contributed by atoms with Crippen molar-refractivity contribution in [1.29, 1.82) is 0 Å². The molecular weight excluding hydrogens is 1060 g/mol. The zero-order valence-corrected chi connectivity index (χ0v) is 47.9. The molecule has 4 amide bonds. The second-order valence-corrected chi connectivity index (χ2v) is 22.2. The smallest absolute Gasteiger partial charge is 0.280 e. The van der Waals surface area contributed by atoms with E-state index in [0.29, 0.717) is 36.8 Å². The fourth-order valence-corrected chi connectivity index (χ4v) is 7.79. The third-order valence-corrected chi connectivity index (χ3v) is 12.1. The van der Waals surface area contributed by atoms with Crippen LogP contribution in [0.25, 0.3) is 0 Å². The molecule has 2 aromatic heterocycles. The lowest BCUT2D eigenvalue weighted by molar-refractivity contribution is -0.147. The van der Waals surface area contributed by atoms with Gasteiger partial charge in [-0.3, -0.25) is 29.5 Å². The number of rotatable bonds is 31. The average Bonchev–Trinajstić information content (AvgIpc) is 3.38. The van der Waals surface area contributed by atoms with Crippen molar-refractivity contribution in [3.8, 4) is 11.5 Å². The number of hydrogen-bond acceptors (Lipinski definition) is 19. The molecule has 2 atom stereocenters. The number of nitrogens with zero attached hydrogens (tertiary/aromatic N) is 5. The first kappa shape index (κ1) is 64.7. The van der Waals surface area contributed by atoms with E-state index in [4.69, 9.17) is 65.1 Å². The normalized spacial score (nSPS) is 13.0. The molecule has 0 saturated carbocycles. The van der Waals surface area contributed by atoms with Crippen molar-refractivity contribution < 1.29 is 48.3 Å². The summed E-state index contributed by atoms with van der Waals surface area (Å²) in [6.45, 7) is 16.1. The Hall–Kier alpha value is -6.83. The van der Waals surface area contributed by atoms with E-state index in [-0.39, 0.29) is 78.1 Å². The molecular formula is C53H78Cl2N14O10. The number of hydrogen-bond donors (Lipinski definition) is 11. The molecule has 26 heteroatoms. The van der Waals surface area contributed by atoms with Crippen molar-refractivity contribution >= 4 is 76.1 Å². The van der Waals surface area contributed by atoms with E-state index in [1.165, 1.54) is 0 Å². The van der Waals surface area contributed by atoms with E-state index in [9.17, 15) is 29.4 Å². The van der Waals surface area contributed by atoms with Gasteiger partial charge in [0.05, 0.1) is 32.0 Å². The summed E-state index contributed by atoms with van der Waals surface area (Å²) in [6, 6.07) is 15.4. The molecule has 2 unspecified atom stereocenters. The van der Waals surface area contributed by atoms with Crippen molar-refractivity contribution in [2.24, 2.45) is 16.1 Å². The quantitative estimate of drug-likeness (QED) is 0.0193. The van der Waals surface area contributed by atoms with Crippen LogP contribution >= 0.6 is 23.2 Å². The molecule has 4 aromatic rings. The Morgan fingerprint density at radius 2 is 1.14 bits per heavy atom. The molecule has 15 N–H and O–H groups in total. The van der Waals surface area contributed by atoms with Gasteiger partial charge in [-0.1, -0.05) is 61.3 Å². The number of ether oxygens (including phenoxy) is 4. The van der Waals surface area contributed by atoms with Crippen molar-refractivity contribution in [1.82, 2.24) is 41.2 Å². The number of benzene rings is 2. The molecule has 2 heterocycles. The Labute approximate surface area is 471 Å². The van der Waals surface area contributed by atoms with Gasteiger partial charge >= 0.3 is 0 Å². The van der Waals surface area contributed by atoms with E-state index in [2.05, 4.69) is 51.5 Å². The molecule has 0 bridgehead atoms. The number of aliphatic imine (C=N–C) groups is 1.